The van der Waals surface area contributed by atoms with Crippen LogP contribution in [0.4, 0.5) is 0 Å². The number of nitrogens with zero attached hydrogens (tertiary/aromatic N) is 2. The molecule has 5 heteroatoms. The molecule has 0 aliphatic heterocycles. The fraction of sp³-hybridized carbons (Fsp3) is 0.625. The number of imidazole rings is 1. The van der Waals surface area contributed by atoms with Crippen LogP contribution in [0.5, 0.6) is 0 Å². The molecule has 0 unspecified atom stereocenters. The van der Waals surface area contributed by atoms with Crippen LogP contribution in [-0.4, -0.2) is 15.0 Å². The van der Waals surface area contributed by atoms with Crippen LogP contribution >= 0.6 is 23.2 Å². The van der Waals surface area contributed by atoms with Crippen molar-refractivity contribution < 1.29 is 0 Å². The molecule has 2 heterocycles. The summed E-state index contributed by atoms with van der Waals surface area (Å²) in [4.78, 5) is 12.6. The molecular formula is C16H17Cl2N3. The SMILES string of the molecule is Clc1cc2[nH]c(C34CC5CC(CC(C5)C3)C4)nc2nc1Cl. The zero-order chi connectivity index (χ0) is 14.2. The van der Waals surface area contributed by atoms with Crippen molar-refractivity contribution in [1.82, 2.24) is 15.0 Å². The van der Waals surface area contributed by atoms with Crippen LogP contribution in [0.1, 0.15) is 44.3 Å². The fourth-order valence-electron chi connectivity index (χ4n) is 5.55. The van der Waals surface area contributed by atoms with E-state index in [1.54, 1.807) is 0 Å². The Balaban J connectivity index is 1.63. The van der Waals surface area contributed by atoms with Crippen LogP contribution in [0, 0.1) is 17.8 Å². The Morgan fingerprint density at radius 1 is 1.00 bits per heavy atom. The summed E-state index contributed by atoms with van der Waals surface area (Å²) < 4.78 is 0. The van der Waals surface area contributed by atoms with Gasteiger partial charge in [0.1, 0.15) is 11.0 Å². The van der Waals surface area contributed by atoms with Gasteiger partial charge in [0, 0.05) is 5.41 Å². The molecule has 4 aliphatic rings. The van der Waals surface area contributed by atoms with E-state index in [0.29, 0.717) is 15.8 Å². The van der Waals surface area contributed by atoms with E-state index in [9.17, 15) is 0 Å². The minimum absolute atomic E-state index is 0.258. The van der Waals surface area contributed by atoms with Crippen molar-refractivity contribution in [3.8, 4) is 0 Å². The van der Waals surface area contributed by atoms with Gasteiger partial charge in [-0.25, -0.2) is 9.97 Å². The highest BCUT2D eigenvalue weighted by atomic mass is 35.5. The summed E-state index contributed by atoms with van der Waals surface area (Å²) in [7, 11) is 0. The predicted molar refractivity (Wildman–Crippen MR) is 83.8 cm³/mol. The predicted octanol–water partition coefficient (Wildman–Crippen LogP) is 4.73. The highest BCUT2D eigenvalue weighted by molar-refractivity contribution is 6.41. The van der Waals surface area contributed by atoms with E-state index in [4.69, 9.17) is 28.2 Å². The van der Waals surface area contributed by atoms with Gasteiger partial charge in [0.2, 0.25) is 0 Å². The van der Waals surface area contributed by atoms with Crippen molar-refractivity contribution in [2.24, 2.45) is 17.8 Å². The zero-order valence-corrected chi connectivity index (χ0v) is 13.2. The Morgan fingerprint density at radius 3 is 2.24 bits per heavy atom. The van der Waals surface area contributed by atoms with Gasteiger partial charge in [-0.1, -0.05) is 23.2 Å². The van der Waals surface area contributed by atoms with Crippen molar-refractivity contribution in [2.75, 3.05) is 0 Å². The summed E-state index contributed by atoms with van der Waals surface area (Å²) in [6, 6.07) is 1.85. The summed E-state index contributed by atoms with van der Waals surface area (Å²) >= 11 is 12.1. The second-order valence-electron chi connectivity index (χ2n) is 7.42. The van der Waals surface area contributed by atoms with Crippen molar-refractivity contribution in [3.63, 3.8) is 0 Å². The van der Waals surface area contributed by atoms with Gasteiger partial charge >= 0.3 is 0 Å². The third-order valence-electron chi connectivity index (χ3n) is 5.92. The highest BCUT2D eigenvalue weighted by Gasteiger charge is 2.53. The summed E-state index contributed by atoms with van der Waals surface area (Å²) in [5, 5.41) is 0.831. The molecule has 2 aromatic rings. The van der Waals surface area contributed by atoms with E-state index in [2.05, 4.69) is 9.97 Å². The Labute approximate surface area is 133 Å². The van der Waals surface area contributed by atoms with E-state index in [1.165, 1.54) is 38.5 Å². The van der Waals surface area contributed by atoms with Gasteiger partial charge in [0.15, 0.2) is 5.65 Å². The van der Waals surface area contributed by atoms with E-state index in [-0.39, 0.29) is 5.41 Å². The molecule has 0 atom stereocenters. The molecule has 3 nitrogen and oxygen atoms in total. The monoisotopic (exact) mass is 321 g/mol. The first-order valence-corrected chi connectivity index (χ1v) is 8.59. The van der Waals surface area contributed by atoms with Crippen LogP contribution in [0.25, 0.3) is 11.2 Å². The second kappa shape index (κ2) is 4.14. The lowest BCUT2D eigenvalue weighted by Crippen LogP contribution is -2.49. The van der Waals surface area contributed by atoms with E-state index in [0.717, 1.165) is 29.1 Å². The molecule has 4 saturated carbocycles. The van der Waals surface area contributed by atoms with Crippen molar-refractivity contribution >= 4 is 34.4 Å². The number of nitrogens with one attached hydrogen (secondary N) is 1. The first-order chi connectivity index (χ1) is 10.1. The van der Waals surface area contributed by atoms with Gasteiger partial charge in [-0.3, -0.25) is 0 Å². The minimum Gasteiger partial charge on any atom is -0.340 e. The molecule has 1 N–H and O–H groups in total. The average molecular weight is 322 g/mol. The van der Waals surface area contributed by atoms with Gasteiger partial charge in [0.25, 0.3) is 0 Å². The molecule has 21 heavy (non-hydrogen) atoms. The van der Waals surface area contributed by atoms with Gasteiger partial charge < -0.3 is 4.98 Å². The molecule has 4 fully saturated rings. The van der Waals surface area contributed by atoms with E-state index >= 15 is 0 Å². The summed E-state index contributed by atoms with van der Waals surface area (Å²) in [6.07, 6.45) is 8.20. The first kappa shape index (κ1) is 12.7. The lowest BCUT2D eigenvalue weighted by Gasteiger charge is -2.55. The summed E-state index contributed by atoms with van der Waals surface area (Å²) in [5.41, 5.74) is 1.87. The van der Waals surface area contributed by atoms with Crippen LogP contribution < -0.4 is 0 Å². The molecule has 0 radical (unpaired) electrons. The van der Waals surface area contributed by atoms with Crippen LogP contribution in [-0.2, 0) is 5.41 Å². The number of aromatic nitrogens is 3. The Morgan fingerprint density at radius 2 is 1.62 bits per heavy atom. The topological polar surface area (TPSA) is 41.6 Å². The number of hydrogen-bond donors (Lipinski definition) is 1. The van der Waals surface area contributed by atoms with Crippen LogP contribution in [0.15, 0.2) is 6.07 Å². The Bertz CT molecular complexity index is 662. The second-order valence-corrected chi connectivity index (χ2v) is 8.18. The maximum Gasteiger partial charge on any atom is 0.179 e. The maximum absolute atomic E-state index is 6.07. The number of rotatable bonds is 1. The fourth-order valence-corrected chi connectivity index (χ4v) is 5.83. The number of H-pyrrole nitrogens is 1. The first-order valence-electron chi connectivity index (χ1n) is 7.83. The Hall–Kier alpha value is -0.800. The van der Waals surface area contributed by atoms with E-state index < -0.39 is 0 Å². The van der Waals surface area contributed by atoms with Gasteiger partial charge in [0.05, 0.1) is 10.5 Å². The lowest BCUT2D eigenvalue weighted by molar-refractivity contribution is -0.00887. The number of pyridine rings is 1. The van der Waals surface area contributed by atoms with Crippen LogP contribution in [0.3, 0.4) is 0 Å². The smallest absolute Gasteiger partial charge is 0.179 e. The zero-order valence-electron chi connectivity index (χ0n) is 11.7. The number of hydrogen-bond acceptors (Lipinski definition) is 2. The van der Waals surface area contributed by atoms with E-state index in [1.807, 2.05) is 6.07 Å². The molecule has 4 aliphatic carbocycles. The van der Waals surface area contributed by atoms with Crippen molar-refractivity contribution in [1.29, 1.82) is 0 Å². The Kier molecular flexibility index (Phi) is 2.51. The third kappa shape index (κ3) is 1.80. The number of halogens is 2. The molecule has 110 valence electrons. The maximum atomic E-state index is 6.07. The molecule has 6 rings (SSSR count). The quantitative estimate of drug-likeness (QED) is 0.771. The van der Waals surface area contributed by atoms with Gasteiger partial charge in [-0.05, 0) is 62.3 Å². The number of aromatic amines is 1. The molecule has 0 saturated heterocycles. The van der Waals surface area contributed by atoms with Crippen LogP contribution in [0.2, 0.25) is 10.2 Å². The average Bonchev–Trinajstić information content (AvgIpc) is 2.81. The summed E-state index contributed by atoms with van der Waals surface area (Å²) in [5.74, 6) is 3.85. The minimum atomic E-state index is 0.258. The summed E-state index contributed by atoms with van der Waals surface area (Å²) in [6.45, 7) is 0. The lowest BCUT2D eigenvalue weighted by atomic mass is 9.49. The number of fused-ring (bicyclic) bond motifs is 1. The highest BCUT2D eigenvalue weighted by Crippen LogP contribution is 2.60. The van der Waals surface area contributed by atoms with Gasteiger partial charge in [-0.2, -0.15) is 0 Å². The molecule has 2 aromatic heterocycles. The van der Waals surface area contributed by atoms with Crippen molar-refractivity contribution in [3.05, 3.63) is 22.1 Å². The van der Waals surface area contributed by atoms with Crippen molar-refractivity contribution in [2.45, 2.75) is 43.9 Å². The standard InChI is InChI=1S/C16H17Cl2N3/c17-11-4-12-14(20-13(11)18)21-15(19-12)16-5-8-1-9(6-16)3-10(2-8)7-16/h4,8-10H,1-3,5-7H2,(H,19,20,21). The molecular weight excluding hydrogens is 305 g/mol. The molecule has 0 amide bonds. The molecule has 0 spiro atoms. The molecule has 0 aromatic carbocycles. The molecule has 4 bridgehead atoms. The third-order valence-corrected chi connectivity index (χ3v) is 6.60. The normalized spacial score (nSPS) is 37.5. The van der Waals surface area contributed by atoms with Gasteiger partial charge in [-0.15, -0.1) is 0 Å². The largest absolute Gasteiger partial charge is 0.340 e.